The van der Waals surface area contributed by atoms with Crippen LogP contribution < -0.4 is 20.7 Å². The molecule has 0 aliphatic carbocycles. The summed E-state index contributed by atoms with van der Waals surface area (Å²) in [4.78, 5) is 23.8. The van der Waals surface area contributed by atoms with Crippen LogP contribution in [0.5, 0.6) is 5.75 Å². The highest BCUT2D eigenvalue weighted by Crippen LogP contribution is 2.29. The molecular formula is C17H16ClN3O3. The predicted molar refractivity (Wildman–Crippen MR) is 92.6 cm³/mol. The number of nitrogens with one attached hydrogen (secondary N) is 3. The standard InChI is InChI=1S/C17H16ClN3O3/c18-11-5-7-12(8-6-11)20-17(23)19-10-9-15-16(22)21-13-3-1-2-4-14(13)24-15/h1-8,15H,9-10H2,(H,21,22)(H2,19,20,23). The minimum Gasteiger partial charge on any atom is -0.478 e. The van der Waals surface area contributed by atoms with Gasteiger partial charge >= 0.3 is 6.03 Å². The average Bonchev–Trinajstić information content (AvgIpc) is 2.57. The van der Waals surface area contributed by atoms with Crippen molar-refractivity contribution in [3.63, 3.8) is 0 Å². The zero-order chi connectivity index (χ0) is 16.9. The van der Waals surface area contributed by atoms with Crippen molar-refractivity contribution in [2.45, 2.75) is 12.5 Å². The highest BCUT2D eigenvalue weighted by Gasteiger charge is 2.26. The van der Waals surface area contributed by atoms with Gasteiger partial charge in [0.1, 0.15) is 5.75 Å². The van der Waals surface area contributed by atoms with Gasteiger partial charge in [0.05, 0.1) is 5.69 Å². The summed E-state index contributed by atoms with van der Waals surface area (Å²) in [5.74, 6) is 0.418. The number of urea groups is 1. The minimum atomic E-state index is -0.629. The van der Waals surface area contributed by atoms with Gasteiger partial charge in [-0.2, -0.15) is 0 Å². The van der Waals surface area contributed by atoms with Crippen molar-refractivity contribution >= 4 is 34.9 Å². The lowest BCUT2D eigenvalue weighted by Crippen LogP contribution is -2.40. The number of rotatable bonds is 4. The predicted octanol–water partition coefficient (Wildman–Crippen LogP) is 3.25. The fourth-order valence-electron chi connectivity index (χ4n) is 2.31. The summed E-state index contributed by atoms with van der Waals surface area (Å²) < 4.78 is 5.66. The maximum absolute atomic E-state index is 12.0. The molecule has 1 unspecified atom stereocenters. The second-order valence-corrected chi connectivity index (χ2v) is 5.70. The molecule has 7 heteroatoms. The summed E-state index contributed by atoms with van der Waals surface area (Å²) in [7, 11) is 0. The number of halogens is 1. The summed E-state index contributed by atoms with van der Waals surface area (Å²) in [6, 6.07) is 13.7. The Balaban J connectivity index is 1.47. The molecule has 0 fully saturated rings. The second-order valence-electron chi connectivity index (χ2n) is 5.27. The van der Waals surface area contributed by atoms with Gasteiger partial charge in [0.25, 0.3) is 5.91 Å². The van der Waals surface area contributed by atoms with E-state index in [2.05, 4.69) is 16.0 Å². The van der Waals surface area contributed by atoms with E-state index in [4.69, 9.17) is 16.3 Å². The van der Waals surface area contributed by atoms with Crippen LogP contribution in [-0.4, -0.2) is 24.6 Å². The van der Waals surface area contributed by atoms with Gasteiger partial charge in [-0.3, -0.25) is 4.79 Å². The highest BCUT2D eigenvalue weighted by molar-refractivity contribution is 6.30. The lowest BCUT2D eigenvalue weighted by molar-refractivity contribution is -0.123. The summed E-state index contributed by atoms with van der Waals surface area (Å²) in [5, 5.41) is 8.77. The number of ether oxygens (including phenoxy) is 1. The lowest BCUT2D eigenvalue weighted by Gasteiger charge is -2.25. The van der Waals surface area contributed by atoms with Crippen LogP contribution in [0.15, 0.2) is 48.5 Å². The number of carbonyl (C=O) groups is 2. The Morgan fingerprint density at radius 3 is 2.71 bits per heavy atom. The molecule has 0 radical (unpaired) electrons. The van der Waals surface area contributed by atoms with E-state index in [1.165, 1.54) is 0 Å². The smallest absolute Gasteiger partial charge is 0.319 e. The van der Waals surface area contributed by atoms with Crippen molar-refractivity contribution in [1.82, 2.24) is 5.32 Å². The van der Waals surface area contributed by atoms with Crippen molar-refractivity contribution in [2.75, 3.05) is 17.2 Å². The third kappa shape index (κ3) is 3.97. The van der Waals surface area contributed by atoms with Gasteiger partial charge in [0, 0.05) is 23.7 Å². The fraction of sp³-hybridized carbons (Fsp3) is 0.176. The molecule has 1 aliphatic rings. The first kappa shape index (κ1) is 16.1. The van der Waals surface area contributed by atoms with Gasteiger partial charge in [-0.25, -0.2) is 4.79 Å². The molecule has 3 N–H and O–H groups in total. The van der Waals surface area contributed by atoms with Crippen molar-refractivity contribution < 1.29 is 14.3 Å². The Labute approximate surface area is 144 Å². The zero-order valence-electron chi connectivity index (χ0n) is 12.7. The van der Waals surface area contributed by atoms with E-state index in [9.17, 15) is 9.59 Å². The Morgan fingerprint density at radius 1 is 1.17 bits per heavy atom. The van der Waals surface area contributed by atoms with Crippen LogP contribution >= 0.6 is 11.6 Å². The van der Waals surface area contributed by atoms with E-state index in [1.54, 1.807) is 36.4 Å². The molecule has 1 aliphatic heterocycles. The van der Waals surface area contributed by atoms with Crippen molar-refractivity contribution in [3.05, 3.63) is 53.6 Å². The number of hydrogen-bond acceptors (Lipinski definition) is 3. The molecule has 124 valence electrons. The maximum atomic E-state index is 12.0. The van der Waals surface area contributed by atoms with Crippen LogP contribution in [0.3, 0.4) is 0 Å². The first-order valence-electron chi connectivity index (χ1n) is 7.49. The van der Waals surface area contributed by atoms with Gasteiger partial charge in [-0.1, -0.05) is 23.7 Å². The van der Waals surface area contributed by atoms with Crippen LogP contribution in [0.2, 0.25) is 5.02 Å². The van der Waals surface area contributed by atoms with E-state index in [-0.39, 0.29) is 11.9 Å². The molecule has 0 saturated heterocycles. The third-order valence-electron chi connectivity index (χ3n) is 3.50. The molecule has 24 heavy (non-hydrogen) atoms. The molecule has 1 heterocycles. The van der Waals surface area contributed by atoms with Crippen LogP contribution in [0.4, 0.5) is 16.2 Å². The van der Waals surface area contributed by atoms with Crippen molar-refractivity contribution in [3.8, 4) is 5.75 Å². The second kappa shape index (κ2) is 7.23. The Bertz CT molecular complexity index is 749. The fourth-order valence-corrected chi connectivity index (χ4v) is 2.43. The molecule has 0 bridgehead atoms. The molecule has 0 saturated carbocycles. The third-order valence-corrected chi connectivity index (χ3v) is 3.75. The van der Waals surface area contributed by atoms with Gasteiger partial charge in [0.15, 0.2) is 6.10 Å². The Morgan fingerprint density at radius 2 is 1.92 bits per heavy atom. The number of hydrogen-bond donors (Lipinski definition) is 3. The van der Waals surface area contributed by atoms with E-state index in [0.717, 1.165) is 0 Å². The van der Waals surface area contributed by atoms with Crippen LogP contribution in [0, 0.1) is 0 Å². The molecule has 0 aromatic heterocycles. The van der Waals surface area contributed by atoms with Gasteiger partial charge in [-0.05, 0) is 36.4 Å². The quantitative estimate of drug-likeness (QED) is 0.795. The van der Waals surface area contributed by atoms with E-state index in [1.807, 2.05) is 12.1 Å². The first-order chi connectivity index (χ1) is 11.6. The van der Waals surface area contributed by atoms with Crippen LogP contribution in [0.25, 0.3) is 0 Å². The van der Waals surface area contributed by atoms with Crippen LogP contribution in [-0.2, 0) is 4.79 Å². The normalized spacial score (nSPS) is 15.7. The summed E-state index contributed by atoms with van der Waals surface area (Å²) in [6.45, 7) is 0.305. The molecule has 1 atom stereocenters. The number of benzene rings is 2. The van der Waals surface area contributed by atoms with Gasteiger partial charge in [0.2, 0.25) is 0 Å². The molecule has 6 nitrogen and oxygen atoms in total. The molecule has 3 amide bonds. The Hall–Kier alpha value is -2.73. The molecule has 3 rings (SSSR count). The summed E-state index contributed by atoms with van der Waals surface area (Å²) in [5.41, 5.74) is 1.30. The first-order valence-corrected chi connectivity index (χ1v) is 7.86. The number of anilines is 2. The van der Waals surface area contributed by atoms with Crippen molar-refractivity contribution in [1.29, 1.82) is 0 Å². The summed E-state index contributed by atoms with van der Waals surface area (Å²) >= 11 is 5.79. The molecule has 2 aromatic rings. The van der Waals surface area contributed by atoms with E-state index < -0.39 is 6.10 Å². The maximum Gasteiger partial charge on any atom is 0.319 e. The molecule has 0 spiro atoms. The number of fused-ring (bicyclic) bond motifs is 1. The number of carbonyl (C=O) groups excluding carboxylic acids is 2. The molecule has 2 aromatic carbocycles. The zero-order valence-corrected chi connectivity index (χ0v) is 13.5. The largest absolute Gasteiger partial charge is 0.478 e. The number of para-hydroxylation sites is 2. The lowest BCUT2D eigenvalue weighted by atomic mass is 10.1. The van der Waals surface area contributed by atoms with E-state index in [0.29, 0.717) is 35.1 Å². The van der Waals surface area contributed by atoms with Gasteiger partial charge in [-0.15, -0.1) is 0 Å². The van der Waals surface area contributed by atoms with Crippen molar-refractivity contribution in [2.24, 2.45) is 0 Å². The average molecular weight is 346 g/mol. The number of amides is 3. The minimum absolute atomic E-state index is 0.214. The molecular weight excluding hydrogens is 330 g/mol. The van der Waals surface area contributed by atoms with E-state index >= 15 is 0 Å². The monoisotopic (exact) mass is 345 g/mol. The Kier molecular flexibility index (Phi) is 4.86. The SMILES string of the molecule is O=C(NCCC1Oc2ccccc2NC1=O)Nc1ccc(Cl)cc1. The van der Waals surface area contributed by atoms with Gasteiger partial charge < -0.3 is 20.7 Å². The highest BCUT2D eigenvalue weighted by atomic mass is 35.5. The summed E-state index contributed by atoms with van der Waals surface area (Å²) in [6.07, 6.45) is -0.260. The topological polar surface area (TPSA) is 79.5 Å². The van der Waals surface area contributed by atoms with Crippen LogP contribution in [0.1, 0.15) is 6.42 Å².